The number of hydrogen-bond donors (Lipinski definition) is 2. The number of H-pyrrole nitrogens is 1. The lowest BCUT2D eigenvalue weighted by Crippen LogP contribution is -2.34. The fourth-order valence-corrected chi connectivity index (χ4v) is 4.13. The number of piperidine rings is 1. The Morgan fingerprint density at radius 1 is 1.04 bits per heavy atom. The van der Waals surface area contributed by atoms with Crippen molar-refractivity contribution >= 4 is 16.9 Å². The average molecular weight is 349 g/mol. The van der Waals surface area contributed by atoms with Gasteiger partial charge in [0.05, 0.1) is 17.1 Å². The van der Waals surface area contributed by atoms with E-state index >= 15 is 0 Å². The van der Waals surface area contributed by atoms with Crippen LogP contribution in [0, 0.1) is 0 Å². The van der Waals surface area contributed by atoms with Crippen molar-refractivity contribution in [2.45, 2.75) is 43.6 Å². The first-order valence-corrected chi connectivity index (χ1v) is 9.46. The van der Waals surface area contributed by atoms with Crippen LogP contribution in [0.25, 0.3) is 11.0 Å². The second-order valence-corrected chi connectivity index (χ2v) is 7.52. The third-order valence-electron chi connectivity index (χ3n) is 5.82. The zero-order valence-electron chi connectivity index (χ0n) is 14.7. The van der Waals surface area contributed by atoms with E-state index in [0.717, 1.165) is 67.1 Å². The lowest BCUT2D eigenvalue weighted by atomic mass is 9.80. The van der Waals surface area contributed by atoms with Crippen molar-refractivity contribution in [3.63, 3.8) is 0 Å². The topological polar surface area (TPSA) is 77.9 Å². The Morgan fingerprint density at radius 2 is 1.85 bits per heavy atom. The molecule has 0 amide bonds. The quantitative estimate of drug-likeness (QED) is 0.760. The number of rotatable bonds is 3. The van der Waals surface area contributed by atoms with Crippen LogP contribution in [-0.4, -0.2) is 44.2 Å². The maximum absolute atomic E-state index is 9.52. The van der Waals surface area contributed by atoms with Gasteiger partial charge in [0.1, 0.15) is 18.0 Å². The van der Waals surface area contributed by atoms with Crippen LogP contribution in [-0.2, 0) is 0 Å². The van der Waals surface area contributed by atoms with Crippen LogP contribution in [0.3, 0.4) is 0 Å². The molecule has 2 aromatic heterocycles. The molecule has 1 aliphatic carbocycles. The number of imidazole rings is 1. The number of nitrogens with zero attached hydrogens (tertiary/aromatic N) is 4. The summed E-state index contributed by atoms with van der Waals surface area (Å²) >= 11 is 0. The molecule has 0 unspecified atom stereocenters. The molecule has 0 atom stereocenters. The van der Waals surface area contributed by atoms with Crippen molar-refractivity contribution in [1.82, 2.24) is 19.9 Å². The Labute approximate surface area is 152 Å². The first-order valence-electron chi connectivity index (χ1n) is 9.46. The number of nitrogens with one attached hydrogen (secondary N) is 1. The van der Waals surface area contributed by atoms with Gasteiger partial charge in [-0.3, -0.25) is 0 Å². The van der Waals surface area contributed by atoms with E-state index in [1.54, 1.807) is 6.33 Å². The number of aromatic amines is 1. The van der Waals surface area contributed by atoms with E-state index in [1.165, 1.54) is 0 Å². The van der Waals surface area contributed by atoms with Gasteiger partial charge in [0.25, 0.3) is 0 Å². The molecule has 2 aliphatic rings. The van der Waals surface area contributed by atoms with Crippen LogP contribution in [0.4, 0.5) is 5.82 Å². The molecule has 134 valence electrons. The van der Waals surface area contributed by atoms with Gasteiger partial charge in [0, 0.05) is 36.7 Å². The van der Waals surface area contributed by atoms with E-state index < -0.39 is 0 Å². The Bertz CT molecular complexity index is 876. The Balaban J connectivity index is 1.27. The van der Waals surface area contributed by atoms with Crippen LogP contribution >= 0.6 is 0 Å². The summed E-state index contributed by atoms with van der Waals surface area (Å²) in [5.74, 6) is 2.98. The number of aliphatic hydroxyl groups excluding tert-OH is 1. The number of para-hydroxylation sites is 2. The largest absolute Gasteiger partial charge is 0.393 e. The average Bonchev–Trinajstić information content (AvgIpc) is 3.10. The van der Waals surface area contributed by atoms with Gasteiger partial charge in [-0.2, -0.15) is 0 Å². The van der Waals surface area contributed by atoms with Gasteiger partial charge in [-0.25, -0.2) is 15.0 Å². The maximum atomic E-state index is 9.52. The van der Waals surface area contributed by atoms with E-state index in [0.29, 0.717) is 11.8 Å². The highest BCUT2D eigenvalue weighted by Gasteiger charge is 2.30. The third kappa shape index (κ3) is 2.84. The van der Waals surface area contributed by atoms with E-state index in [-0.39, 0.29) is 6.10 Å². The highest BCUT2D eigenvalue weighted by molar-refractivity contribution is 5.74. The van der Waals surface area contributed by atoms with Crippen LogP contribution < -0.4 is 4.90 Å². The van der Waals surface area contributed by atoms with Gasteiger partial charge >= 0.3 is 0 Å². The normalized spacial score (nSPS) is 24.0. The minimum Gasteiger partial charge on any atom is -0.393 e. The second-order valence-electron chi connectivity index (χ2n) is 7.52. The molecule has 1 aromatic carbocycles. The van der Waals surface area contributed by atoms with Gasteiger partial charge in [0.15, 0.2) is 0 Å². The first kappa shape index (κ1) is 15.8. The van der Waals surface area contributed by atoms with Crippen LogP contribution in [0.1, 0.15) is 49.0 Å². The van der Waals surface area contributed by atoms with Crippen molar-refractivity contribution in [3.05, 3.63) is 48.2 Å². The summed E-state index contributed by atoms with van der Waals surface area (Å²) in [6.45, 7) is 1.96. The second kappa shape index (κ2) is 6.36. The first-order chi connectivity index (χ1) is 12.8. The number of benzene rings is 1. The predicted octanol–water partition coefficient (Wildman–Crippen LogP) is 2.98. The lowest BCUT2D eigenvalue weighted by Gasteiger charge is -2.34. The summed E-state index contributed by atoms with van der Waals surface area (Å²) in [6.07, 6.45) is 5.30. The summed E-state index contributed by atoms with van der Waals surface area (Å²) in [6, 6.07) is 10.3. The molecule has 6 heteroatoms. The Kier molecular flexibility index (Phi) is 3.85. The van der Waals surface area contributed by atoms with Crippen LogP contribution in [0.15, 0.2) is 36.7 Å². The van der Waals surface area contributed by atoms with Crippen molar-refractivity contribution in [3.8, 4) is 0 Å². The fraction of sp³-hybridized carbons (Fsp3) is 0.450. The Morgan fingerprint density at radius 3 is 2.62 bits per heavy atom. The van der Waals surface area contributed by atoms with Crippen molar-refractivity contribution in [2.75, 3.05) is 18.0 Å². The van der Waals surface area contributed by atoms with Crippen molar-refractivity contribution in [1.29, 1.82) is 0 Å². The minimum atomic E-state index is -0.155. The van der Waals surface area contributed by atoms with Gasteiger partial charge in [-0.15, -0.1) is 0 Å². The molecule has 6 nitrogen and oxygen atoms in total. The van der Waals surface area contributed by atoms with E-state index in [9.17, 15) is 5.11 Å². The smallest absolute Gasteiger partial charge is 0.132 e. The molecule has 3 aromatic rings. The number of hydrogen-bond acceptors (Lipinski definition) is 5. The molecule has 3 heterocycles. The van der Waals surface area contributed by atoms with Crippen molar-refractivity contribution in [2.24, 2.45) is 0 Å². The zero-order chi connectivity index (χ0) is 17.5. The highest BCUT2D eigenvalue weighted by Crippen LogP contribution is 2.37. The summed E-state index contributed by atoms with van der Waals surface area (Å²) in [5.41, 5.74) is 3.24. The van der Waals surface area contributed by atoms with E-state index in [1.807, 2.05) is 12.1 Å². The van der Waals surface area contributed by atoms with Gasteiger partial charge in [-0.1, -0.05) is 12.1 Å². The van der Waals surface area contributed by atoms with E-state index in [2.05, 4.69) is 38.1 Å². The van der Waals surface area contributed by atoms with Gasteiger partial charge < -0.3 is 15.0 Å². The molecule has 0 spiro atoms. The molecular weight excluding hydrogens is 326 g/mol. The molecule has 1 saturated heterocycles. The molecule has 2 fully saturated rings. The molecular formula is C20H23N5O. The highest BCUT2D eigenvalue weighted by atomic mass is 16.3. The predicted molar refractivity (Wildman–Crippen MR) is 100 cm³/mol. The summed E-state index contributed by atoms with van der Waals surface area (Å²) in [7, 11) is 0. The standard InChI is InChI=1S/C20H23N5O/c26-15-9-14(10-15)18-11-19(22-12-21-18)25-7-5-13(6-8-25)20-23-16-3-1-2-4-17(16)24-20/h1-4,11-15,26H,5-10H2,(H,23,24). The molecule has 2 N–H and O–H groups in total. The molecule has 0 bridgehead atoms. The van der Waals surface area contributed by atoms with Gasteiger partial charge in [-0.05, 0) is 37.8 Å². The molecule has 5 rings (SSSR count). The van der Waals surface area contributed by atoms with Crippen LogP contribution in [0.2, 0.25) is 0 Å². The molecule has 1 aliphatic heterocycles. The monoisotopic (exact) mass is 349 g/mol. The lowest BCUT2D eigenvalue weighted by molar-refractivity contribution is 0.0732. The number of anilines is 1. The maximum Gasteiger partial charge on any atom is 0.132 e. The number of aliphatic hydroxyl groups is 1. The zero-order valence-corrected chi connectivity index (χ0v) is 14.7. The Hall–Kier alpha value is -2.47. The summed E-state index contributed by atoms with van der Waals surface area (Å²) in [5, 5.41) is 9.52. The number of aromatic nitrogens is 4. The summed E-state index contributed by atoms with van der Waals surface area (Å²) in [4.78, 5) is 19.5. The van der Waals surface area contributed by atoms with Crippen molar-refractivity contribution < 1.29 is 5.11 Å². The van der Waals surface area contributed by atoms with Gasteiger partial charge in [0.2, 0.25) is 0 Å². The molecule has 1 saturated carbocycles. The summed E-state index contributed by atoms with van der Waals surface area (Å²) < 4.78 is 0. The number of fused-ring (bicyclic) bond motifs is 1. The van der Waals surface area contributed by atoms with E-state index in [4.69, 9.17) is 4.98 Å². The SMILES string of the molecule is OC1CC(c2cc(N3CCC(c4nc5ccccc5[nH]4)CC3)ncn2)C1. The fourth-order valence-electron chi connectivity index (χ4n) is 4.13. The molecule has 26 heavy (non-hydrogen) atoms. The minimum absolute atomic E-state index is 0.155. The third-order valence-corrected chi connectivity index (χ3v) is 5.82. The molecule has 0 radical (unpaired) electrons. The van der Waals surface area contributed by atoms with Crippen LogP contribution in [0.5, 0.6) is 0 Å².